The molecule has 3 aliphatic carbocycles. The van der Waals surface area contributed by atoms with Crippen molar-refractivity contribution in [3.8, 4) is 0 Å². The highest BCUT2D eigenvalue weighted by Gasteiger charge is 2.52. The molecule has 0 amide bonds. The van der Waals surface area contributed by atoms with E-state index in [0.717, 1.165) is 133 Å². The second-order valence-electron chi connectivity index (χ2n) is 17.0. The van der Waals surface area contributed by atoms with Crippen LogP contribution >= 0.6 is 31.9 Å². The first kappa shape index (κ1) is 47.8. The van der Waals surface area contributed by atoms with Crippen molar-refractivity contribution in [1.82, 2.24) is 0 Å². The molecular weight excluding hydrogens is 914 g/mol. The topological polar surface area (TPSA) is 18.5 Å². The quantitative estimate of drug-likeness (QED) is 0.192. The summed E-state index contributed by atoms with van der Waals surface area (Å²) in [6, 6.07) is 11.8. The van der Waals surface area contributed by atoms with E-state index in [1.54, 1.807) is 6.07 Å². The number of benzene rings is 3. The minimum absolute atomic E-state index is 0.144. The second-order valence-corrected chi connectivity index (χ2v) is 18.7. The van der Waals surface area contributed by atoms with E-state index in [9.17, 15) is 39.5 Å². The number of halogens is 11. The Hall–Kier alpha value is -2.29. The molecule has 0 bridgehead atoms. The van der Waals surface area contributed by atoms with Crippen molar-refractivity contribution in [1.29, 1.82) is 0 Å². The van der Waals surface area contributed by atoms with E-state index >= 15 is 0 Å². The maximum absolute atomic E-state index is 13.2. The van der Waals surface area contributed by atoms with Crippen molar-refractivity contribution in [2.24, 2.45) is 0 Å². The first-order valence-electron chi connectivity index (χ1n) is 20.5. The normalized spacial score (nSPS) is 20.3. The van der Waals surface area contributed by atoms with Gasteiger partial charge in [0.2, 0.25) is 0 Å². The van der Waals surface area contributed by atoms with Crippen LogP contribution in [-0.4, -0.2) is 18.3 Å². The van der Waals surface area contributed by atoms with Crippen LogP contribution in [0, 0.1) is 0 Å². The van der Waals surface area contributed by atoms with Gasteiger partial charge in [-0.3, -0.25) is 0 Å². The lowest BCUT2D eigenvalue weighted by atomic mass is 9.70. The lowest BCUT2D eigenvalue weighted by molar-refractivity contribution is -0.138. The third kappa shape index (κ3) is 12.4. The molecule has 14 heteroatoms. The Morgan fingerprint density at radius 1 is 0.542 bits per heavy atom. The predicted octanol–water partition coefficient (Wildman–Crippen LogP) is 16.0. The number of hydrogen-bond donors (Lipinski definition) is 0. The molecule has 3 aromatic carbocycles. The minimum Gasteiger partial charge on any atom is -0.399 e. The summed E-state index contributed by atoms with van der Waals surface area (Å²) in [5.74, 6) is 0.422. The molecule has 59 heavy (non-hydrogen) atoms. The van der Waals surface area contributed by atoms with Crippen molar-refractivity contribution in [2.45, 2.75) is 159 Å². The summed E-state index contributed by atoms with van der Waals surface area (Å²) in [6.07, 6.45) is 3.74. The van der Waals surface area contributed by atoms with Gasteiger partial charge in [0.15, 0.2) is 0 Å². The van der Waals surface area contributed by atoms with E-state index in [1.165, 1.54) is 36.8 Å². The van der Waals surface area contributed by atoms with Crippen molar-refractivity contribution < 1.29 is 48.8 Å². The molecule has 2 saturated carbocycles. The van der Waals surface area contributed by atoms with Crippen LogP contribution in [0.5, 0.6) is 0 Å². The Kier molecular flexibility index (Phi) is 15.7. The van der Waals surface area contributed by atoms with Gasteiger partial charge in [0.05, 0.1) is 27.9 Å². The van der Waals surface area contributed by atoms with Gasteiger partial charge < -0.3 is 9.31 Å². The van der Waals surface area contributed by atoms with Crippen molar-refractivity contribution in [3.63, 3.8) is 0 Å². The molecule has 0 spiro atoms. The first-order valence-corrected chi connectivity index (χ1v) is 22.1. The Morgan fingerprint density at radius 3 is 1.46 bits per heavy atom. The smallest absolute Gasteiger partial charge is 0.399 e. The summed E-state index contributed by atoms with van der Waals surface area (Å²) >= 11 is 6.69. The van der Waals surface area contributed by atoms with Crippen molar-refractivity contribution >= 4 is 50.0 Å². The van der Waals surface area contributed by atoms with E-state index in [2.05, 4.69) is 31.9 Å². The minimum atomic E-state index is -4.34. The molecule has 0 atom stereocenters. The van der Waals surface area contributed by atoms with E-state index in [1.807, 2.05) is 33.8 Å². The maximum atomic E-state index is 13.2. The zero-order valence-electron chi connectivity index (χ0n) is 33.9. The molecule has 1 saturated heterocycles. The summed E-state index contributed by atoms with van der Waals surface area (Å²) in [6.45, 7) is 7.82. The van der Waals surface area contributed by atoms with Gasteiger partial charge in [-0.2, -0.15) is 39.5 Å². The zero-order valence-corrected chi connectivity index (χ0v) is 37.1. The van der Waals surface area contributed by atoms with Gasteiger partial charge in [0, 0.05) is 8.95 Å². The SMILES string of the molecule is CC1(C)OB(c2ccc(C(F)(F)F)cc2C2CCCCC2)OC1(C)C.FC(F)(F)c1ccc(Br)c(C2=CCCCC2)c1.FC(F)(F)c1ccc(Br)c(C2CCCCC2)c1. The summed E-state index contributed by atoms with van der Waals surface area (Å²) in [4.78, 5) is 0. The Labute approximate surface area is 359 Å². The summed E-state index contributed by atoms with van der Waals surface area (Å²) in [5.41, 5.74) is 1.28. The van der Waals surface area contributed by atoms with Crippen LogP contribution in [0.25, 0.3) is 5.57 Å². The van der Waals surface area contributed by atoms with Crippen molar-refractivity contribution in [2.75, 3.05) is 0 Å². The standard InChI is InChI=1S/C19H26BF3O2.C13H14BrF3.C13H12BrF3/c1-17(2)18(3,4)25-20(24-17)16-11-10-14(19(21,22)23)12-15(16)13-8-6-5-7-9-13;2*14-12-7-6-10(13(15,16)17)8-11(12)9-4-2-1-3-5-9/h10-13H,5-9H2,1-4H3;6-9H,1-5H2;4,6-8H,1-3,5H2. The van der Waals surface area contributed by atoms with E-state index < -0.39 is 53.5 Å². The second kappa shape index (κ2) is 19.4. The van der Waals surface area contributed by atoms with Gasteiger partial charge >= 0.3 is 25.6 Å². The average Bonchev–Trinajstić information content (AvgIpc) is 3.40. The molecular formula is C45H52BBr2F9O2. The monoisotopic (exact) mass is 964 g/mol. The zero-order chi connectivity index (χ0) is 43.4. The van der Waals surface area contributed by atoms with Crippen molar-refractivity contribution in [3.05, 3.63) is 103 Å². The Morgan fingerprint density at radius 2 is 0.983 bits per heavy atom. The molecule has 0 N–H and O–H groups in total. The Bertz CT molecular complexity index is 1890. The van der Waals surface area contributed by atoms with Gasteiger partial charge in [-0.25, -0.2) is 0 Å². The molecule has 0 aromatic heterocycles. The molecule has 0 radical (unpaired) electrons. The molecule has 2 nitrogen and oxygen atoms in total. The molecule has 4 aliphatic rings. The molecule has 7 rings (SSSR count). The van der Waals surface area contributed by atoms with E-state index in [4.69, 9.17) is 9.31 Å². The van der Waals surface area contributed by atoms with E-state index in [-0.39, 0.29) is 11.8 Å². The summed E-state index contributed by atoms with van der Waals surface area (Å²) < 4.78 is 129. The van der Waals surface area contributed by atoms with Crippen LogP contribution in [0.3, 0.4) is 0 Å². The van der Waals surface area contributed by atoms with E-state index in [0.29, 0.717) is 5.56 Å². The summed E-state index contributed by atoms with van der Waals surface area (Å²) in [7, 11) is -0.621. The first-order chi connectivity index (χ1) is 27.5. The Balaban J connectivity index is 0.000000173. The lowest BCUT2D eigenvalue weighted by Crippen LogP contribution is -2.41. The van der Waals surface area contributed by atoms with Gasteiger partial charge in [-0.1, -0.05) is 88.6 Å². The highest BCUT2D eigenvalue weighted by Crippen LogP contribution is 2.42. The van der Waals surface area contributed by atoms with Crippen LogP contribution < -0.4 is 5.46 Å². The average molecular weight is 967 g/mol. The van der Waals surface area contributed by atoms with Gasteiger partial charge in [0.25, 0.3) is 0 Å². The number of rotatable bonds is 4. The third-order valence-electron chi connectivity index (χ3n) is 12.3. The van der Waals surface area contributed by atoms with Crippen LogP contribution in [-0.2, 0) is 27.8 Å². The lowest BCUT2D eigenvalue weighted by Gasteiger charge is -2.32. The van der Waals surface area contributed by atoms with Gasteiger partial charge in [0.1, 0.15) is 0 Å². The molecule has 3 aromatic rings. The highest BCUT2D eigenvalue weighted by atomic mass is 79.9. The van der Waals surface area contributed by atoms with Crippen LogP contribution in [0.4, 0.5) is 39.5 Å². The number of alkyl halides is 9. The van der Waals surface area contributed by atoms with Crippen LogP contribution in [0.15, 0.2) is 69.6 Å². The molecule has 3 fully saturated rings. The number of hydrogen-bond acceptors (Lipinski definition) is 2. The fraction of sp³-hybridized carbons (Fsp3) is 0.556. The predicted molar refractivity (Wildman–Crippen MR) is 224 cm³/mol. The van der Waals surface area contributed by atoms with Crippen LogP contribution in [0.1, 0.15) is 163 Å². The maximum Gasteiger partial charge on any atom is 0.495 e. The largest absolute Gasteiger partial charge is 0.495 e. The molecule has 324 valence electrons. The summed E-state index contributed by atoms with van der Waals surface area (Å²) in [5, 5.41) is 0. The molecule has 1 aliphatic heterocycles. The third-order valence-corrected chi connectivity index (χ3v) is 13.7. The van der Waals surface area contributed by atoms with Gasteiger partial charge in [-0.15, -0.1) is 0 Å². The van der Waals surface area contributed by atoms with Crippen LogP contribution in [0.2, 0.25) is 0 Å². The number of allylic oxidation sites excluding steroid dienone is 2. The molecule has 0 unspecified atom stereocenters. The van der Waals surface area contributed by atoms with Gasteiger partial charge in [-0.05, 0) is 161 Å². The fourth-order valence-electron chi connectivity index (χ4n) is 8.18. The molecule has 1 heterocycles. The highest BCUT2D eigenvalue weighted by molar-refractivity contribution is 9.10. The fourth-order valence-corrected chi connectivity index (χ4v) is 9.25.